The third-order valence-electron chi connectivity index (χ3n) is 3.71. The largest absolute Gasteiger partial charge is 0.380 e. The van der Waals surface area contributed by atoms with Crippen molar-refractivity contribution in [3.8, 4) is 0 Å². The van der Waals surface area contributed by atoms with Crippen LogP contribution in [0.2, 0.25) is 0 Å². The van der Waals surface area contributed by atoms with Gasteiger partial charge in [0.05, 0.1) is 6.61 Å². The first-order chi connectivity index (χ1) is 7.99. The van der Waals surface area contributed by atoms with Crippen LogP contribution in [0.5, 0.6) is 0 Å². The van der Waals surface area contributed by atoms with Crippen LogP contribution in [-0.4, -0.2) is 25.8 Å². The number of ether oxygens (including phenoxy) is 1. The van der Waals surface area contributed by atoms with E-state index in [-0.39, 0.29) is 0 Å². The van der Waals surface area contributed by atoms with E-state index in [4.69, 9.17) is 4.74 Å². The second kappa shape index (κ2) is 7.38. The van der Waals surface area contributed by atoms with E-state index in [1.165, 1.54) is 32.1 Å². The molecule has 0 amide bonds. The summed E-state index contributed by atoms with van der Waals surface area (Å²) in [6, 6.07) is 0.722. The van der Waals surface area contributed by atoms with Gasteiger partial charge in [0.15, 0.2) is 0 Å². The van der Waals surface area contributed by atoms with Crippen LogP contribution in [-0.2, 0) is 4.74 Å². The topological polar surface area (TPSA) is 21.3 Å². The first kappa shape index (κ1) is 15.0. The van der Waals surface area contributed by atoms with Gasteiger partial charge in [-0.3, -0.25) is 0 Å². The number of rotatable bonds is 6. The number of hydrogen-bond donors (Lipinski definition) is 1. The lowest BCUT2D eigenvalue weighted by Crippen LogP contribution is -2.32. The van der Waals surface area contributed by atoms with Crippen LogP contribution in [0.1, 0.15) is 59.8 Å². The van der Waals surface area contributed by atoms with Crippen LogP contribution >= 0.6 is 0 Å². The maximum atomic E-state index is 5.60. The average Bonchev–Trinajstić information content (AvgIpc) is 2.39. The Kier molecular flexibility index (Phi) is 6.50. The van der Waals surface area contributed by atoms with E-state index >= 15 is 0 Å². The van der Waals surface area contributed by atoms with E-state index < -0.39 is 0 Å². The molecule has 0 spiro atoms. The number of hydrogen-bond acceptors (Lipinski definition) is 2. The molecule has 1 atom stereocenters. The zero-order chi connectivity index (χ0) is 12.7. The molecule has 0 aromatic rings. The molecule has 1 aliphatic carbocycles. The summed E-state index contributed by atoms with van der Waals surface area (Å²) in [5.74, 6) is 0.647. The van der Waals surface area contributed by atoms with Crippen LogP contribution < -0.4 is 5.32 Å². The van der Waals surface area contributed by atoms with Crippen molar-refractivity contribution in [2.75, 3.05) is 19.8 Å². The van der Waals surface area contributed by atoms with Gasteiger partial charge in [0.25, 0.3) is 0 Å². The van der Waals surface area contributed by atoms with E-state index in [0.717, 1.165) is 25.8 Å². The van der Waals surface area contributed by atoms with Crippen molar-refractivity contribution in [2.24, 2.45) is 11.3 Å². The van der Waals surface area contributed by atoms with Crippen LogP contribution in [0.3, 0.4) is 0 Å². The van der Waals surface area contributed by atoms with Crippen molar-refractivity contribution in [2.45, 2.75) is 65.8 Å². The summed E-state index contributed by atoms with van der Waals surface area (Å²) < 4.78 is 5.60. The van der Waals surface area contributed by atoms with Crippen molar-refractivity contribution < 1.29 is 4.74 Å². The smallest absolute Gasteiger partial charge is 0.0591 e. The lowest BCUT2D eigenvalue weighted by Gasteiger charge is -2.22. The molecule has 0 heterocycles. The van der Waals surface area contributed by atoms with Gasteiger partial charge in [-0.2, -0.15) is 0 Å². The SMILES string of the molecule is CC(C)COCCNC1CCCC(C)(C)CC1. The maximum Gasteiger partial charge on any atom is 0.0591 e. The van der Waals surface area contributed by atoms with E-state index in [0.29, 0.717) is 11.3 Å². The van der Waals surface area contributed by atoms with Crippen molar-refractivity contribution in [3.05, 3.63) is 0 Å². The summed E-state index contributed by atoms with van der Waals surface area (Å²) in [7, 11) is 0. The molecule has 1 aliphatic rings. The summed E-state index contributed by atoms with van der Waals surface area (Å²) in [6.45, 7) is 12.0. The molecule has 1 N–H and O–H groups in total. The molecule has 0 saturated heterocycles. The third-order valence-corrected chi connectivity index (χ3v) is 3.71. The minimum Gasteiger partial charge on any atom is -0.380 e. The zero-order valence-electron chi connectivity index (χ0n) is 12.2. The van der Waals surface area contributed by atoms with Gasteiger partial charge in [-0.05, 0) is 37.0 Å². The molecule has 0 aliphatic heterocycles. The molecule has 0 aromatic carbocycles. The number of nitrogens with one attached hydrogen (secondary N) is 1. The van der Waals surface area contributed by atoms with E-state index in [1.54, 1.807) is 0 Å². The van der Waals surface area contributed by atoms with E-state index in [2.05, 4.69) is 33.0 Å². The van der Waals surface area contributed by atoms with Gasteiger partial charge in [-0.1, -0.05) is 34.1 Å². The first-order valence-corrected chi connectivity index (χ1v) is 7.31. The van der Waals surface area contributed by atoms with Crippen molar-refractivity contribution in [1.29, 1.82) is 0 Å². The van der Waals surface area contributed by atoms with Crippen LogP contribution in [0.4, 0.5) is 0 Å². The fourth-order valence-electron chi connectivity index (χ4n) is 2.52. The lowest BCUT2D eigenvalue weighted by atomic mass is 9.85. The fourth-order valence-corrected chi connectivity index (χ4v) is 2.52. The molecule has 2 nitrogen and oxygen atoms in total. The van der Waals surface area contributed by atoms with Gasteiger partial charge in [-0.15, -0.1) is 0 Å². The highest BCUT2D eigenvalue weighted by molar-refractivity contribution is 4.79. The van der Waals surface area contributed by atoms with Gasteiger partial charge >= 0.3 is 0 Å². The Hall–Kier alpha value is -0.0800. The van der Waals surface area contributed by atoms with Gasteiger partial charge < -0.3 is 10.1 Å². The molecule has 1 unspecified atom stereocenters. The molecule has 1 fully saturated rings. The average molecular weight is 241 g/mol. The molecule has 0 aromatic heterocycles. The molecule has 1 saturated carbocycles. The molecular weight excluding hydrogens is 210 g/mol. The fraction of sp³-hybridized carbons (Fsp3) is 1.00. The molecule has 17 heavy (non-hydrogen) atoms. The molecule has 2 heteroatoms. The Morgan fingerprint density at radius 1 is 1.24 bits per heavy atom. The molecule has 0 bridgehead atoms. The molecule has 1 rings (SSSR count). The monoisotopic (exact) mass is 241 g/mol. The second-order valence-electron chi connectivity index (χ2n) is 6.71. The van der Waals surface area contributed by atoms with Gasteiger partial charge in [0, 0.05) is 19.2 Å². The summed E-state index contributed by atoms with van der Waals surface area (Å²) in [5.41, 5.74) is 0.560. The zero-order valence-corrected chi connectivity index (χ0v) is 12.2. The highest BCUT2D eigenvalue weighted by Crippen LogP contribution is 2.33. The van der Waals surface area contributed by atoms with Crippen LogP contribution in [0, 0.1) is 11.3 Å². The summed E-state index contributed by atoms with van der Waals surface area (Å²) in [5, 5.41) is 3.65. The quantitative estimate of drug-likeness (QED) is 0.566. The standard InChI is InChI=1S/C15H31NO/c1-13(2)12-17-11-10-16-14-6-5-8-15(3,4)9-7-14/h13-14,16H,5-12H2,1-4H3. The minimum absolute atomic E-state index is 0.560. The van der Waals surface area contributed by atoms with Crippen LogP contribution in [0.25, 0.3) is 0 Å². The Morgan fingerprint density at radius 3 is 2.71 bits per heavy atom. The van der Waals surface area contributed by atoms with Gasteiger partial charge in [0.2, 0.25) is 0 Å². The van der Waals surface area contributed by atoms with E-state index in [9.17, 15) is 0 Å². The summed E-state index contributed by atoms with van der Waals surface area (Å²) >= 11 is 0. The third kappa shape index (κ3) is 7.05. The Labute approximate surface area is 108 Å². The molecule has 0 radical (unpaired) electrons. The van der Waals surface area contributed by atoms with Gasteiger partial charge in [0.1, 0.15) is 0 Å². The highest BCUT2D eigenvalue weighted by atomic mass is 16.5. The predicted octanol–water partition coefficient (Wildman–Crippen LogP) is 3.61. The predicted molar refractivity (Wildman–Crippen MR) is 74.3 cm³/mol. The van der Waals surface area contributed by atoms with Gasteiger partial charge in [-0.25, -0.2) is 0 Å². The lowest BCUT2D eigenvalue weighted by molar-refractivity contribution is 0.109. The molecular formula is C15H31NO. The van der Waals surface area contributed by atoms with Crippen LogP contribution in [0.15, 0.2) is 0 Å². The second-order valence-corrected chi connectivity index (χ2v) is 6.71. The Bertz CT molecular complexity index is 201. The first-order valence-electron chi connectivity index (χ1n) is 7.31. The van der Waals surface area contributed by atoms with Crippen molar-refractivity contribution in [1.82, 2.24) is 5.32 Å². The summed E-state index contributed by atoms with van der Waals surface area (Å²) in [4.78, 5) is 0. The Balaban J connectivity index is 2.07. The van der Waals surface area contributed by atoms with Crippen molar-refractivity contribution in [3.63, 3.8) is 0 Å². The summed E-state index contributed by atoms with van der Waals surface area (Å²) in [6.07, 6.45) is 6.79. The maximum absolute atomic E-state index is 5.60. The van der Waals surface area contributed by atoms with E-state index in [1.807, 2.05) is 0 Å². The normalized spacial score (nSPS) is 24.9. The highest BCUT2D eigenvalue weighted by Gasteiger charge is 2.23. The minimum atomic E-state index is 0.560. The molecule has 102 valence electrons. The Morgan fingerprint density at radius 2 is 2.00 bits per heavy atom. The van der Waals surface area contributed by atoms with Crippen molar-refractivity contribution >= 4 is 0 Å².